The summed E-state index contributed by atoms with van der Waals surface area (Å²) in [5.41, 5.74) is 2.66. The fraction of sp³-hybridized carbons (Fsp3) is 0.538. The number of hydrogen-bond acceptors (Lipinski definition) is 2. The van der Waals surface area contributed by atoms with E-state index >= 15 is 0 Å². The van der Waals surface area contributed by atoms with Crippen molar-refractivity contribution in [2.24, 2.45) is 0 Å². The standard InChI is InChI=1S/C13H19ClN2/c1-9(2)15-7-11-6-10-4-3-5-13(14)12(10)8-16-11/h3-5,9,11,15-16H,6-8H2,1-2H3. The molecular weight excluding hydrogens is 220 g/mol. The first kappa shape index (κ1) is 11.9. The molecule has 1 aliphatic rings. The van der Waals surface area contributed by atoms with Crippen molar-refractivity contribution in [3.05, 3.63) is 34.3 Å². The van der Waals surface area contributed by atoms with Gasteiger partial charge in [0.2, 0.25) is 0 Å². The third-order valence-electron chi connectivity index (χ3n) is 3.02. The molecule has 1 aliphatic heterocycles. The van der Waals surface area contributed by atoms with Gasteiger partial charge in [-0.15, -0.1) is 0 Å². The van der Waals surface area contributed by atoms with Crippen LogP contribution >= 0.6 is 11.6 Å². The molecule has 0 bridgehead atoms. The van der Waals surface area contributed by atoms with E-state index in [-0.39, 0.29) is 0 Å². The Morgan fingerprint density at radius 2 is 2.31 bits per heavy atom. The summed E-state index contributed by atoms with van der Waals surface area (Å²) in [4.78, 5) is 0. The van der Waals surface area contributed by atoms with Gasteiger partial charge in [0.25, 0.3) is 0 Å². The first-order valence-electron chi connectivity index (χ1n) is 5.90. The van der Waals surface area contributed by atoms with Crippen LogP contribution in [0.15, 0.2) is 18.2 Å². The maximum absolute atomic E-state index is 6.16. The highest BCUT2D eigenvalue weighted by Crippen LogP contribution is 2.24. The Kier molecular flexibility index (Phi) is 3.85. The number of fused-ring (bicyclic) bond motifs is 1. The van der Waals surface area contributed by atoms with Gasteiger partial charge in [0, 0.05) is 30.2 Å². The van der Waals surface area contributed by atoms with Crippen molar-refractivity contribution < 1.29 is 0 Å². The molecule has 0 aromatic heterocycles. The van der Waals surface area contributed by atoms with E-state index in [1.165, 1.54) is 11.1 Å². The molecule has 0 saturated carbocycles. The SMILES string of the molecule is CC(C)NCC1Cc2cccc(Cl)c2CN1. The number of benzene rings is 1. The van der Waals surface area contributed by atoms with E-state index in [0.29, 0.717) is 12.1 Å². The third-order valence-corrected chi connectivity index (χ3v) is 3.38. The second-order valence-corrected chi connectivity index (χ2v) is 5.13. The molecule has 1 atom stereocenters. The molecule has 0 amide bonds. The van der Waals surface area contributed by atoms with Gasteiger partial charge in [-0.2, -0.15) is 0 Å². The smallest absolute Gasteiger partial charge is 0.0453 e. The summed E-state index contributed by atoms with van der Waals surface area (Å²) in [7, 11) is 0. The van der Waals surface area contributed by atoms with Crippen molar-refractivity contribution in [3.8, 4) is 0 Å². The lowest BCUT2D eigenvalue weighted by atomic mass is 9.95. The highest BCUT2D eigenvalue weighted by atomic mass is 35.5. The Hall–Kier alpha value is -0.570. The third kappa shape index (κ3) is 2.76. The molecule has 3 heteroatoms. The van der Waals surface area contributed by atoms with Gasteiger partial charge in [0.05, 0.1) is 0 Å². The maximum atomic E-state index is 6.16. The topological polar surface area (TPSA) is 24.1 Å². The highest BCUT2D eigenvalue weighted by Gasteiger charge is 2.19. The van der Waals surface area contributed by atoms with E-state index in [1.54, 1.807) is 0 Å². The van der Waals surface area contributed by atoms with Gasteiger partial charge in [-0.3, -0.25) is 0 Å². The van der Waals surface area contributed by atoms with Crippen LogP contribution in [0, 0.1) is 0 Å². The number of hydrogen-bond donors (Lipinski definition) is 2. The average Bonchev–Trinajstić information content (AvgIpc) is 2.26. The van der Waals surface area contributed by atoms with E-state index in [0.717, 1.165) is 24.5 Å². The second-order valence-electron chi connectivity index (χ2n) is 4.72. The zero-order valence-corrected chi connectivity index (χ0v) is 10.6. The molecule has 0 saturated heterocycles. The van der Waals surface area contributed by atoms with Crippen LogP contribution in [-0.2, 0) is 13.0 Å². The fourth-order valence-electron chi connectivity index (χ4n) is 2.10. The molecule has 1 heterocycles. The predicted octanol–water partition coefficient (Wildman–Crippen LogP) is 2.35. The lowest BCUT2D eigenvalue weighted by Gasteiger charge is -2.27. The molecule has 16 heavy (non-hydrogen) atoms. The van der Waals surface area contributed by atoms with Crippen LogP contribution in [-0.4, -0.2) is 18.6 Å². The van der Waals surface area contributed by atoms with E-state index in [1.807, 2.05) is 12.1 Å². The number of rotatable bonds is 3. The van der Waals surface area contributed by atoms with Crippen molar-refractivity contribution in [2.75, 3.05) is 6.54 Å². The predicted molar refractivity (Wildman–Crippen MR) is 68.9 cm³/mol. The van der Waals surface area contributed by atoms with Crippen LogP contribution in [0.2, 0.25) is 5.02 Å². The van der Waals surface area contributed by atoms with E-state index < -0.39 is 0 Å². The summed E-state index contributed by atoms with van der Waals surface area (Å²) >= 11 is 6.16. The molecule has 2 nitrogen and oxygen atoms in total. The number of halogens is 1. The molecule has 2 rings (SSSR count). The normalized spacial score (nSPS) is 19.9. The van der Waals surface area contributed by atoms with Gasteiger partial charge in [0.1, 0.15) is 0 Å². The van der Waals surface area contributed by atoms with E-state index in [9.17, 15) is 0 Å². The molecular formula is C13H19ClN2. The molecule has 2 N–H and O–H groups in total. The average molecular weight is 239 g/mol. The largest absolute Gasteiger partial charge is 0.313 e. The van der Waals surface area contributed by atoms with Crippen molar-refractivity contribution in [1.82, 2.24) is 10.6 Å². The summed E-state index contributed by atoms with van der Waals surface area (Å²) < 4.78 is 0. The minimum atomic E-state index is 0.522. The maximum Gasteiger partial charge on any atom is 0.0453 e. The van der Waals surface area contributed by atoms with Gasteiger partial charge in [-0.05, 0) is 23.6 Å². The Bertz CT molecular complexity index is 363. The quantitative estimate of drug-likeness (QED) is 0.845. The first-order chi connectivity index (χ1) is 7.66. The molecule has 88 valence electrons. The first-order valence-corrected chi connectivity index (χ1v) is 6.27. The summed E-state index contributed by atoms with van der Waals surface area (Å²) in [5, 5.41) is 7.88. The molecule has 0 radical (unpaired) electrons. The molecule has 1 aromatic rings. The van der Waals surface area contributed by atoms with Gasteiger partial charge in [0.15, 0.2) is 0 Å². The number of nitrogens with one attached hydrogen (secondary N) is 2. The van der Waals surface area contributed by atoms with Crippen molar-refractivity contribution in [1.29, 1.82) is 0 Å². The monoisotopic (exact) mass is 238 g/mol. The Morgan fingerprint density at radius 1 is 1.50 bits per heavy atom. The van der Waals surface area contributed by atoms with Gasteiger partial charge >= 0.3 is 0 Å². The van der Waals surface area contributed by atoms with Crippen LogP contribution in [0.5, 0.6) is 0 Å². The zero-order valence-electron chi connectivity index (χ0n) is 9.89. The van der Waals surface area contributed by atoms with Gasteiger partial charge in [-0.25, -0.2) is 0 Å². The Balaban J connectivity index is 2.01. The van der Waals surface area contributed by atoms with Crippen molar-refractivity contribution in [2.45, 2.75) is 38.9 Å². The molecule has 0 aliphatic carbocycles. The molecule has 1 aromatic carbocycles. The van der Waals surface area contributed by atoms with Gasteiger partial charge < -0.3 is 10.6 Å². The van der Waals surface area contributed by atoms with Crippen LogP contribution in [0.4, 0.5) is 0 Å². The fourth-order valence-corrected chi connectivity index (χ4v) is 2.36. The Morgan fingerprint density at radius 3 is 3.06 bits per heavy atom. The minimum absolute atomic E-state index is 0.522. The highest BCUT2D eigenvalue weighted by molar-refractivity contribution is 6.31. The molecule has 0 spiro atoms. The second kappa shape index (κ2) is 5.17. The Labute approximate surface area is 102 Å². The summed E-state index contributed by atoms with van der Waals surface area (Å²) in [6, 6.07) is 7.26. The van der Waals surface area contributed by atoms with Crippen LogP contribution < -0.4 is 10.6 Å². The zero-order chi connectivity index (χ0) is 11.5. The van der Waals surface area contributed by atoms with Gasteiger partial charge in [-0.1, -0.05) is 37.6 Å². The molecule has 0 fully saturated rings. The van der Waals surface area contributed by atoms with E-state index in [2.05, 4.69) is 30.5 Å². The lowest BCUT2D eigenvalue weighted by Crippen LogP contribution is -2.44. The summed E-state index contributed by atoms with van der Waals surface area (Å²) in [6.07, 6.45) is 1.07. The molecule has 1 unspecified atom stereocenters. The van der Waals surface area contributed by atoms with Crippen molar-refractivity contribution in [3.63, 3.8) is 0 Å². The minimum Gasteiger partial charge on any atom is -0.313 e. The summed E-state index contributed by atoms with van der Waals surface area (Å²) in [5.74, 6) is 0. The van der Waals surface area contributed by atoms with E-state index in [4.69, 9.17) is 11.6 Å². The lowest BCUT2D eigenvalue weighted by molar-refractivity contribution is 0.430. The summed E-state index contributed by atoms with van der Waals surface area (Å²) in [6.45, 7) is 6.25. The van der Waals surface area contributed by atoms with Crippen molar-refractivity contribution >= 4 is 11.6 Å². The van der Waals surface area contributed by atoms with Crippen LogP contribution in [0.1, 0.15) is 25.0 Å². The van der Waals surface area contributed by atoms with Crippen LogP contribution in [0.3, 0.4) is 0 Å². The van der Waals surface area contributed by atoms with Crippen LogP contribution in [0.25, 0.3) is 0 Å².